The summed E-state index contributed by atoms with van der Waals surface area (Å²) in [6, 6.07) is 1.89. The van der Waals surface area contributed by atoms with Gasteiger partial charge in [-0.05, 0) is 47.3 Å². The lowest BCUT2D eigenvalue weighted by molar-refractivity contribution is 0.0884. The molecule has 0 aromatic carbocycles. The molecule has 1 fully saturated rings. The summed E-state index contributed by atoms with van der Waals surface area (Å²) in [7, 11) is 0. The van der Waals surface area contributed by atoms with Crippen LogP contribution in [-0.2, 0) is 0 Å². The number of carbonyl (C=O) groups is 1. The Labute approximate surface area is 120 Å². The second kappa shape index (κ2) is 5.72. The van der Waals surface area contributed by atoms with E-state index in [9.17, 15) is 9.90 Å². The Balaban J connectivity index is 1.95. The van der Waals surface area contributed by atoms with Gasteiger partial charge in [0.1, 0.15) is 0 Å². The molecule has 1 saturated carbocycles. The Morgan fingerprint density at radius 2 is 2.22 bits per heavy atom. The van der Waals surface area contributed by atoms with Gasteiger partial charge in [0.15, 0.2) is 0 Å². The van der Waals surface area contributed by atoms with E-state index < -0.39 is 0 Å². The Morgan fingerprint density at radius 3 is 2.72 bits per heavy atom. The minimum atomic E-state index is -0.0841. The fourth-order valence-electron chi connectivity index (χ4n) is 2.44. The summed E-state index contributed by atoms with van der Waals surface area (Å²) < 4.78 is 1.00. The highest BCUT2D eigenvalue weighted by Gasteiger charge is 2.33. The molecule has 18 heavy (non-hydrogen) atoms. The Morgan fingerprint density at radius 1 is 1.56 bits per heavy atom. The van der Waals surface area contributed by atoms with Crippen molar-refractivity contribution in [3.63, 3.8) is 0 Å². The minimum absolute atomic E-state index is 0.0338. The van der Waals surface area contributed by atoms with Gasteiger partial charge in [-0.1, -0.05) is 12.8 Å². The van der Waals surface area contributed by atoms with Gasteiger partial charge in [0.2, 0.25) is 0 Å². The number of nitrogens with one attached hydrogen (secondary N) is 1. The second-order valence-electron chi connectivity index (χ2n) is 5.12. The number of amides is 1. The van der Waals surface area contributed by atoms with Crippen molar-refractivity contribution in [1.82, 2.24) is 5.32 Å². The van der Waals surface area contributed by atoms with Gasteiger partial charge >= 0.3 is 0 Å². The maximum Gasteiger partial charge on any atom is 0.261 e. The smallest absolute Gasteiger partial charge is 0.261 e. The second-order valence-corrected chi connectivity index (χ2v) is 7.49. The van der Waals surface area contributed by atoms with E-state index in [0.717, 1.165) is 39.9 Å². The SMILES string of the molecule is Cc1cc(C(=O)NCC2(CO)CCCC2)sc1Br. The van der Waals surface area contributed by atoms with Crippen LogP contribution in [0.25, 0.3) is 0 Å². The number of hydrogen-bond donors (Lipinski definition) is 2. The standard InChI is InChI=1S/C13H18BrNO2S/c1-9-6-10(18-11(9)14)12(17)15-7-13(8-16)4-2-3-5-13/h6,16H,2-5,7-8H2,1H3,(H,15,17). The van der Waals surface area contributed by atoms with E-state index in [1.54, 1.807) is 0 Å². The van der Waals surface area contributed by atoms with Crippen molar-refractivity contribution >= 4 is 33.2 Å². The highest BCUT2D eigenvalue weighted by Crippen LogP contribution is 2.37. The average molecular weight is 332 g/mol. The van der Waals surface area contributed by atoms with Gasteiger partial charge in [0.25, 0.3) is 5.91 Å². The molecule has 1 aromatic rings. The molecule has 5 heteroatoms. The Bertz CT molecular complexity index is 419. The van der Waals surface area contributed by atoms with Gasteiger partial charge in [0, 0.05) is 12.0 Å². The third kappa shape index (κ3) is 2.95. The third-order valence-electron chi connectivity index (χ3n) is 3.70. The molecule has 0 bridgehead atoms. The van der Waals surface area contributed by atoms with Crippen LogP contribution in [0, 0.1) is 12.3 Å². The topological polar surface area (TPSA) is 49.3 Å². The highest BCUT2D eigenvalue weighted by atomic mass is 79.9. The molecule has 0 saturated heterocycles. The molecule has 0 radical (unpaired) electrons. The maximum absolute atomic E-state index is 12.0. The van der Waals surface area contributed by atoms with Crippen molar-refractivity contribution in [1.29, 1.82) is 0 Å². The monoisotopic (exact) mass is 331 g/mol. The zero-order valence-corrected chi connectivity index (χ0v) is 12.9. The fraction of sp³-hybridized carbons (Fsp3) is 0.615. The number of carbonyl (C=O) groups excluding carboxylic acids is 1. The average Bonchev–Trinajstić information content (AvgIpc) is 2.95. The van der Waals surface area contributed by atoms with Gasteiger partial charge < -0.3 is 10.4 Å². The molecule has 1 heterocycles. The molecule has 0 aliphatic heterocycles. The quantitative estimate of drug-likeness (QED) is 0.890. The zero-order chi connectivity index (χ0) is 13.2. The number of hydrogen-bond acceptors (Lipinski definition) is 3. The summed E-state index contributed by atoms with van der Waals surface area (Å²) in [5.74, 6) is -0.0338. The van der Waals surface area contributed by atoms with Crippen LogP contribution in [0.2, 0.25) is 0 Å². The summed E-state index contributed by atoms with van der Waals surface area (Å²) in [5, 5.41) is 12.5. The summed E-state index contributed by atoms with van der Waals surface area (Å²) in [6.07, 6.45) is 4.33. The van der Waals surface area contributed by atoms with Crippen molar-refractivity contribution in [2.24, 2.45) is 5.41 Å². The third-order valence-corrected chi connectivity index (χ3v) is 5.84. The fourth-order valence-corrected chi connectivity index (χ4v) is 3.89. The Kier molecular flexibility index (Phi) is 4.45. The summed E-state index contributed by atoms with van der Waals surface area (Å²) in [6.45, 7) is 2.72. The van der Waals surface area contributed by atoms with E-state index in [1.165, 1.54) is 11.3 Å². The first-order valence-corrected chi connectivity index (χ1v) is 7.82. The van der Waals surface area contributed by atoms with Crippen molar-refractivity contribution in [3.8, 4) is 0 Å². The molecule has 1 aliphatic rings. The number of aryl methyl sites for hydroxylation is 1. The van der Waals surface area contributed by atoms with Crippen LogP contribution in [0.4, 0.5) is 0 Å². The first-order chi connectivity index (χ1) is 8.56. The highest BCUT2D eigenvalue weighted by molar-refractivity contribution is 9.11. The van der Waals surface area contributed by atoms with E-state index in [0.29, 0.717) is 6.54 Å². The Hall–Kier alpha value is -0.390. The van der Waals surface area contributed by atoms with Crippen LogP contribution < -0.4 is 5.32 Å². The molecule has 1 amide bonds. The van der Waals surface area contributed by atoms with Crippen molar-refractivity contribution in [2.45, 2.75) is 32.6 Å². The first kappa shape index (κ1) is 14.0. The molecule has 2 N–H and O–H groups in total. The van der Waals surface area contributed by atoms with E-state index in [1.807, 2.05) is 13.0 Å². The number of aliphatic hydroxyl groups excluding tert-OH is 1. The lowest BCUT2D eigenvalue weighted by Gasteiger charge is -2.26. The van der Waals surface area contributed by atoms with Crippen molar-refractivity contribution < 1.29 is 9.90 Å². The van der Waals surface area contributed by atoms with Crippen LogP contribution in [0.3, 0.4) is 0 Å². The van der Waals surface area contributed by atoms with Gasteiger partial charge in [-0.25, -0.2) is 0 Å². The molecule has 1 aliphatic carbocycles. The molecule has 0 atom stereocenters. The first-order valence-electron chi connectivity index (χ1n) is 6.21. The maximum atomic E-state index is 12.0. The molecule has 100 valence electrons. The summed E-state index contributed by atoms with van der Waals surface area (Å²) in [5.41, 5.74) is 1.00. The molecular weight excluding hydrogens is 314 g/mol. The molecule has 1 aromatic heterocycles. The zero-order valence-electron chi connectivity index (χ0n) is 10.5. The lowest BCUT2D eigenvalue weighted by Crippen LogP contribution is -2.38. The van der Waals surface area contributed by atoms with Gasteiger partial charge in [-0.2, -0.15) is 0 Å². The number of thiophene rings is 1. The normalized spacial score (nSPS) is 17.9. The summed E-state index contributed by atoms with van der Waals surface area (Å²) >= 11 is 4.88. The molecule has 0 spiro atoms. The van der Waals surface area contributed by atoms with Crippen LogP contribution in [0.15, 0.2) is 9.85 Å². The van der Waals surface area contributed by atoms with Crippen molar-refractivity contribution in [3.05, 3.63) is 20.3 Å². The molecule has 3 nitrogen and oxygen atoms in total. The van der Waals surface area contributed by atoms with Crippen LogP contribution in [0.5, 0.6) is 0 Å². The number of aliphatic hydroxyl groups is 1. The van der Waals surface area contributed by atoms with Crippen LogP contribution in [0.1, 0.15) is 40.9 Å². The van der Waals surface area contributed by atoms with Gasteiger partial charge in [-0.15, -0.1) is 11.3 Å². The minimum Gasteiger partial charge on any atom is -0.396 e. The largest absolute Gasteiger partial charge is 0.396 e. The predicted molar refractivity (Wildman–Crippen MR) is 77.1 cm³/mol. The van der Waals surface area contributed by atoms with Crippen LogP contribution in [-0.4, -0.2) is 24.2 Å². The van der Waals surface area contributed by atoms with E-state index in [-0.39, 0.29) is 17.9 Å². The summed E-state index contributed by atoms with van der Waals surface area (Å²) in [4.78, 5) is 12.7. The lowest BCUT2D eigenvalue weighted by atomic mass is 9.87. The van der Waals surface area contributed by atoms with Crippen LogP contribution >= 0.6 is 27.3 Å². The molecular formula is C13H18BrNO2S. The van der Waals surface area contributed by atoms with E-state index in [4.69, 9.17) is 0 Å². The number of rotatable bonds is 4. The van der Waals surface area contributed by atoms with Gasteiger partial charge in [0.05, 0.1) is 15.3 Å². The molecule has 2 rings (SSSR count). The van der Waals surface area contributed by atoms with Gasteiger partial charge in [-0.3, -0.25) is 4.79 Å². The molecule has 0 unspecified atom stereocenters. The van der Waals surface area contributed by atoms with Crippen molar-refractivity contribution in [2.75, 3.05) is 13.2 Å². The van der Waals surface area contributed by atoms with E-state index in [2.05, 4.69) is 21.2 Å². The predicted octanol–water partition coefficient (Wildman–Crippen LogP) is 3.10. The van der Waals surface area contributed by atoms with E-state index >= 15 is 0 Å². The number of halogens is 1.